The van der Waals surface area contributed by atoms with Crippen molar-refractivity contribution in [3.8, 4) is 5.88 Å². The SMILES string of the molecule is [N-]=[N+]=NCc1cc(OCc2cc(F)ccc2F)n(CC2CCCC2)n1. The molecule has 25 heavy (non-hydrogen) atoms. The lowest BCUT2D eigenvalue weighted by Gasteiger charge is -2.13. The van der Waals surface area contributed by atoms with Crippen LogP contribution in [0.25, 0.3) is 10.4 Å². The monoisotopic (exact) mass is 347 g/mol. The molecule has 0 saturated heterocycles. The Kier molecular flexibility index (Phi) is 5.50. The number of hydrogen-bond acceptors (Lipinski definition) is 3. The van der Waals surface area contributed by atoms with Crippen molar-refractivity contribution in [2.24, 2.45) is 11.0 Å². The third-order valence-corrected chi connectivity index (χ3v) is 4.38. The molecule has 2 aromatic rings. The van der Waals surface area contributed by atoms with Crippen LogP contribution in [0.4, 0.5) is 8.78 Å². The molecule has 1 aromatic heterocycles. The minimum atomic E-state index is -0.516. The molecule has 1 aliphatic rings. The van der Waals surface area contributed by atoms with Gasteiger partial charge >= 0.3 is 0 Å². The fraction of sp³-hybridized carbons (Fsp3) is 0.471. The van der Waals surface area contributed by atoms with Crippen molar-refractivity contribution >= 4 is 0 Å². The molecule has 1 aromatic carbocycles. The van der Waals surface area contributed by atoms with Gasteiger partial charge in [-0.15, -0.1) is 0 Å². The second-order valence-corrected chi connectivity index (χ2v) is 6.22. The molecule has 0 unspecified atom stereocenters. The molecule has 1 saturated carbocycles. The Morgan fingerprint density at radius 1 is 1.28 bits per heavy atom. The summed E-state index contributed by atoms with van der Waals surface area (Å²) in [5.41, 5.74) is 9.19. The van der Waals surface area contributed by atoms with E-state index < -0.39 is 11.6 Å². The molecule has 0 atom stereocenters. The molecule has 0 radical (unpaired) electrons. The van der Waals surface area contributed by atoms with E-state index in [1.165, 1.54) is 12.8 Å². The van der Waals surface area contributed by atoms with E-state index >= 15 is 0 Å². The van der Waals surface area contributed by atoms with E-state index in [4.69, 9.17) is 10.3 Å². The van der Waals surface area contributed by atoms with Crippen molar-refractivity contribution in [3.63, 3.8) is 0 Å². The summed E-state index contributed by atoms with van der Waals surface area (Å²) in [5.74, 6) is -0.0275. The molecule has 1 heterocycles. The van der Waals surface area contributed by atoms with Gasteiger partial charge in [-0.1, -0.05) is 18.0 Å². The van der Waals surface area contributed by atoms with Crippen LogP contribution in [0.15, 0.2) is 29.4 Å². The Balaban J connectivity index is 1.76. The first-order valence-electron chi connectivity index (χ1n) is 8.30. The minimum Gasteiger partial charge on any atom is -0.473 e. The van der Waals surface area contributed by atoms with Gasteiger partial charge in [0.2, 0.25) is 5.88 Å². The molecule has 6 nitrogen and oxygen atoms in total. The van der Waals surface area contributed by atoms with Crippen molar-refractivity contribution in [2.45, 2.75) is 45.4 Å². The zero-order valence-corrected chi connectivity index (χ0v) is 13.7. The van der Waals surface area contributed by atoms with Gasteiger partial charge in [0, 0.05) is 23.1 Å². The number of ether oxygens (including phenoxy) is 1. The normalized spacial score (nSPS) is 14.5. The molecule has 0 bridgehead atoms. The van der Waals surface area contributed by atoms with Gasteiger partial charge < -0.3 is 4.74 Å². The number of aromatic nitrogens is 2. The lowest BCUT2D eigenvalue weighted by molar-refractivity contribution is 0.257. The molecular formula is C17H19F2N5O. The second kappa shape index (κ2) is 7.98. The molecule has 8 heteroatoms. The molecule has 132 valence electrons. The Morgan fingerprint density at radius 3 is 2.84 bits per heavy atom. The first-order chi connectivity index (χ1) is 12.2. The van der Waals surface area contributed by atoms with Gasteiger partial charge in [0.05, 0.1) is 12.2 Å². The van der Waals surface area contributed by atoms with Crippen LogP contribution in [0.3, 0.4) is 0 Å². The van der Waals surface area contributed by atoms with Gasteiger partial charge in [-0.05, 0) is 42.5 Å². The molecule has 0 spiro atoms. The second-order valence-electron chi connectivity index (χ2n) is 6.22. The molecule has 1 aliphatic carbocycles. The van der Waals surface area contributed by atoms with E-state index in [0.29, 0.717) is 24.0 Å². The Labute approximate surface area is 144 Å². The van der Waals surface area contributed by atoms with Crippen molar-refractivity contribution in [1.29, 1.82) is 0 Å². The highest BCUT2D eigenvalue weighted by Gasteiger charge is 2.19. The van der Waals surface area contributed by atoms with Crippen LogP contribution in [0.2, 0.25) is 0 Å². The Bertz CT molecular complexity index is 779. The van der Waals surface area contributed by atoms with Gasteiger partial charge in [0.1, 0.15) is 18.2 Å². The highest BCUT2D eigenvalue weighted by atomic mass is 19.1. The zero-order chi connectivity index (χ0) is 17.6. The van der Waals surface area contributed by atoms with Crippen LogP contribution in [0.1, 0.15) is 36.9 Å². The van der Waals surface area contributed by atoms with Crippen molar-refractivity contribution in [2.75, 3.05) is 0 Å². The first-order valence-corrected chi connectivity index (χ1v) is 8.30. The summed E-state index contributed by atoms with van der Waals surface area (Å²) in [7, 11) is 0. The topological polar surface area (TPSA) is 75.8 Å². The molecule has 3 rings (SSSR count). The Hall–Kier alpha value is -2.60. The van der Waals surface area contributed by atoms with Crippen LogP contribution >= 0.6 is 0 Å². The van der Waals surface area contributed by atoms with E-state index in [1.54, 1.807) is 10.7 Å². The number of rotatable bonds is 7. The average molecular weight is 347 g/mol. The standard InChI is InChI=1S/C17H19F2N5O/c18-14-5-6-16(19)13(7-14)11-25-17-8-15(9-21-23-20)22-24(17)10-12-3-1-2-4-12/h5-8,12H,1-4,9-11H2. The van der Waals surface area contributed by atoms with Crippen molar-refractivity contribution in [3.05, 3.63) is 57.6 Å². The molecule has 0 aliphatic heterocycles. The van der Waals surface area contributed by atoms with E-state index in [0.717, 1.165) is 31.0 Å². The molecule has 0 N–H and O–H groups in total. The minimum absolute atomic E-state index is 0.0963. The van der Waals surface area contributed by atoms with Gasteiger partial charge in [0.25, 0.3) is 0 Å². The fourth-order valence-electron chi connectivity index (χ4n) is 3.12. The average Bonchev–Trinajstić information content (AvgIpc) is 3.24. The number of halogens is 2. The maximum atomic E-state index is 13.7. The van der Waals surface area contributed by atoms with Gasteiger partial charge in [-0.3, -0.25) is 0 Å². The van der Waals surface area contributed by atoms with Crippen molar-refractivity contribution in [1.82, 2.24) is 9.78 Å². The predicted octanol–water partition coefficient (Wildman–Crippen LogP) is 4.74. The fourth-order valence-corrected chi connectivity index (χ4v) is 3.12. The first kappa shape index (κ1) is 17.2. The number of hydrogen-bond donors (Lipinski definition) is 0. The van der Waals surface area contributed by atoms with Gasteiger partial charge in [0.15, 0.2) is 0 Å². The van der Waals surface area contributed by atoms with Crippen LogP contribution < -0.4 is 4.74 Å². The third-order valence-electron chi connectivity index (χ3n) is 4.38. The van der Waals surface area contributed by atoms with E-state index in [9.17, 15) is 8.78 Å². The summed E-state index contributed by atoms with van der Waals surface area (Å²) in [6, 6.07) is 4.95. The Morgan fingerprint density at radius 2 is 2.08 bits per heavy atom. The van der Waals surface area contributed by atoms with Crippen LogP contribution in [0.5, 0.6) is 5.88 Å². The number of nitrogens with zero attached hydrogens (tertiary/aromatic N) is 5. The summed E-state index contributed by atoms with van der Waals surface area (Å²) in [5, 5.41) is 7.93. The van der Waals surface area contributed by atoms with E-state index in [2.05, 4.69) is 15.1 Å². The summed E-state index contributed by atoms with van der Waals surface area (Å²) in [4.78, 5) is 2.73. The molecular weight excluding hydrogens is 328 g/mol. The highest BCUT2D eigenvalue weighted by molar-refractivity contribution is 5.21. The summed E-state index contributed by atoms with van der Waals surface area (Å²) in [6.07, 6.45) is 4.71. The van der Waals surface area contributed by atoms with E-state index in [-0.39, 0.29) is 18.7 Å². The van der Waals surface area contributed by atoms with Crippen LogP contribution in [-0.4, -0.2) is 9.78 Å². The summed E-state index contributed by atoms with van der Waals surface area (Å²) >= 11 is 0. The van der Waals surface area contributed by atoms with E-state index in [1.807, 2.05) is 0 Å². The lowest BCUT2D eigenvalue weighted by atomic mass is 10.1. The molecule has 0 amide bonds. The predicted molar refractivity (Wildman–Crippen MR) is 87.7 cm³/mol. The van der Waals surface area contributed by atoms with Gasteiger partial charge in [-0.25, -0.2) is 13.5 Å². The number of benzene rings is 1. The maximum Gasteiger partial charge on any atom is 0.212 e. The largest absolute Gasteiger partial charge is 0.473 e. The zero-order valence-electron chi connectivity index (χ0n) is 13.7. The quantitative estimate of drug-likeness (QED) is 0.412. The maximum absolute atomic E-state index is 13.7. The number of azide groups is 1. The summed E-state index contributed by atoms with van der Waals surface area (Å²) in [6.45, 7) is 0.733. The smallest absolute Gasteiger partial charge is 0.212 e. The molecule has 1 fully saturated rings. The van der Waals surface area contributed by atoms with Crippen LogP contribution in [0, 0.1) is 17.6 Å². The van der Waals surface area contributed by atoms with Gasteiger partial charge in [-0.2, -0.15) is 5.10 Å². The lowest BCUT2D eigenvalue weighted by Crippen LogP contribution is -2.12. The highest BCUT2D eigenvalue weighted by Crippen LogP contribution is 2.28. The van der Waals surface area contributed by atoms with Crippen molar-refractivity contribution < 1.29 is 13.5 Å². The summed E-state index contributed by atoms with van der Waals surface area (Å²) < 4.78 is 34.4. The van der Waals surface area contributed by atoms with Crippen LogP contribution in [-0.2, 0) is 19.7 Å². The third kappa shape index (κ3) is 4.48.